The summed E-state index contributed by atoms with van der Waals surface area (Å²) in [6.45, 7) is 2.82. The first-order chi connectivity index (χ1) is 15.1. The average molecular weight is 436 g/mol. The highest BCUT2D eigenvalue weighted by Gasteiger charge is 2.35. The second-order valence-corrected chi connectivity index (χ2v) is 9.32. The molecule has 0 aliphatic heterocycles. The predicted octanol–water partition coefficient (Wildman–Crippen LogP) is 5.14. The van der Waals surface area contributed by atoms with E-state index in [2.05, 4.69) is 58.8 Å². The number of rotatable bonds is 9. The van der Waals surface area contributed by atoms with Crippen molar-refractivity contribution in [3.8, 4) is 0 Å². The van der Waals surface area contributed by atoms with E-state index >= 15 is 0 Å². The van der Waals surface area contributed by atoms with Crippen LogP contribution in [0.25, 0.3) is 0 Å². The van der Waals surface area contributed by atoms with Gasteiger partial charge in [0.05, 0.1) is 5.75 Å². The van der Waals surface area contributed by atoms with Crippen molar-refractivity contribution in [2.45, 2.75) is 55.6 Å². The molecule has 1 atom stereocenters. The van der Waals surface area contributed by atoms with Gasteiger partial charge in [-0.25, -0.2) is 0 Å². The molecule has 1 saturated carbocycles. The number of amides is 1. The Balaban J connectivity index is 1.26. The largest absolute Gasteiger partial charge is 0.416 e. The molecule has 31 heavy (non-hydrogen) atoms. The van der Waals surface area contributed by atoms with Crippen molar-refractivity contribution in [2.75, 3.05) is 12.3 Å². The van der Waals surface area contributed by atoms with E-state index in [0.717, 1.165) is 12.8 Å². The van der Waals surface area contributed by atoms with E-state index in [4.69, 9.17) is 4.42 Å². The molecule has 0 bridgehead atoms. The first-order valence-corrected chi connectivity index (χ1v) is 12.0. The van der Waals surface area contributed by atoms with Crippen LogP contribution < -0.4 is 5.32 Å². The van der Waals surface area contributed by atoms with Gasteiger partial charge in [0.25, 0.3) is 5.22 Å². The molecule has 4 rings (SSSR count). The highest BCUT2D eigenvalue weighted by Crippen LogP contribution is 2.40. The number of hydrogen-bond acceptors (Lipinski definition) is 5. The summed E-state index contributed by atoms with van der Waals surface area (Å²) >= 11 is 1.30. The molecule has 0 spiro atoms. The minimum Gasteiger partial charge on any atom is -0.416 e. The molecule has 2 aromatic carbocycles. The second-order valence-electron chi connectivity index (χ2n) is 8.40. The fourth-order valence-corrected chi connectivity index (χ4v) is 5.01. The second kappa shape index (κ2) is 10.1. The summed E-state index contributed by atoms with van der Waals surface area (Å²) in [4.78, 5) is 12.5. The topological polar surface area (TPSA) is 68.0 Å². The van der Waals surface area contributed by atoms with Crippen molar-refractivity contribution in [3.63, 3.8) is 0 Å². The number of nitrogens with zero attached hydrogens (tertiary/aromatic N) is 2. The Morgan fingerprint density at radius 2 is 1.74 bits per heavy atom. The van der Waals surface area contributed by atoms with Gasteiger partial charge in [0.15, 0.2) is 0 Å². The van der Waals surface area contributed by atoms with Crippen LogP contribution in [0.5, 0.6) is 0 Å². The highest BCUT2D eigenvalue weighted by molar-refractivity contribution is 7.99. The van der Waals surface area contributed by atoms with Crippen molar-refractivity contribution in [3.05, 3.63) is 77.7 Å². The summed E-state index contributed by atoms with van der Waals surface area (Å²) in [5, 5.41) is 11.8. The zero-order valence-corrected chi connectivity index (χ0v) is 18.7. The average Bonchev–Trinajstić information content (AvgIpc) is 3.48. The Hall–Kier alpha value is -2.60. The van der Waals surface area contributed by atoms with E-state index in [1.165, 1.54) is 35.7 Å². The normalized spacial score (nSPS) is 16.2. The van der Waals surface area contributed by atoms with Gasteiger partial charge in [-0.3, -0.25) is 4.79 Å². The Bertz CT molecular complexity index is 969. The summed E-state index contributed by atoms with van der Waals surface area (Å²) in [7, 11) is 0. The highest BCUT2D eigenvalue weighted by atomic mass is 32.2. The van der Waals surface area contributed by atoms with Gasteiger partial charge in [-0.05, 0) is 29.9 Å². The third-order valence-corrected chi connectivity index (χ3v) is 7.01. The lowest BCUT2D eigenvalue weighted by Crippen LogP contribution is -2.39. The van der Waals surface area contributed by atoms with Crippen LogP contribution in [0.3, 0.4) is 0 Å². The molecule has 0 saturated heterocycles. The third kappa shape index (κ3) is 5.56. The predicted molar refractivity (Wildman–Crippen MR) is 123 cm³/mol. The molecule has 1 unspecified atom stereocenters. The summed E-state index contributed by atoms with van der Waals surface area (Å²) in [6, 6.07) is 20.9. The maximum atomic E-state index is 12.5. The molecule has 1 N–H and O–H groups in total. The van der Waals surface area contributed by atoms with Crippen LogP contribution in [0.1, 0.15) is 55.5 Å². The molecule has 1 aliphatic carbocycles. The van der Waals surface area contributed by atoms with Gasteiger partial charge >= 0.3 is 0 Å². The lowest BCUT2D eigenvalue weighted by atomic mass is 9.79. The van der Waals surface area contributed by atoms with Crippen molar-refractivity contribution in [1.82, 2.24) is 15.5 Å². The van der Waals surface area contributed by atoms with Crippen LogP contribution in [0.2, 0.25) is 0 Å². The van der Waals surface area contributed by atoms with Crippen LogP contribution in [0, 0.1) is 0 Å². The number of hydrogen-bond donors (Lipinski definition) is 1. The quantitative estimate of drug-likeness (QED) is 0.472. The molecule has 1 aromatic heterocycles. The molecule has 1 aliphatic rings. The van der Waals surface area contributed by atoms with Crippen LogP contribution in [-0.2, 0) is 16.6 Å². The van der Waals surface area contributed by atoms with Crippen molar-refractivity contribution >= 4 is 17.7 Å². The molecule has 6 heteroatoms. The Labute approximate surface area is 188 Å². The monoisotopic (exact) mass is 435 g/mol. The van der Waals surface area contributed by atoms with E-state index in [0.29, 0.717) is 30.0 Å². The zero-order chi connectivity index (χ0) is 21.5. The van der Waals surface area contributed by atoms with Gasteiger partial charge in [-0.15, -0.1) is 10.2 Å². The minimum absolute atomic E-state index is 0.00427. The lowest BCUT2D eigenvalue weighted by molar-refractivity contribution is -0.118. The molecule has 1 heterocycles. The molecular weight excluding hydrogens is 406 g/mol. The number of carbonyl (C=O) groups is 1. The Morgan fingerprint density at radius 1 is 1.06 bits per heavy atom. The van der Waals surface area contributed by atoms with Crippen molar-refractivity contribution in [2.24, 2.45) is 0 Å². The zero-order valence-electron chi connectivity index (χ0n) is 17.9. The van der Waals surface area contributed by atoms with Crippen molar-refractivity contribution < 1.29 is 9.21 Å². The van der Waals surface area contributed by atoms with Gasteiger partial charge in [0.1, 0.15) is 0 Å². The number of benzene rings is 2. The summed E-state index contributed by atoms with van der Waals surface area (Å²) in [6.07, 6.45) is 5.36. The number of thioether (sulfide) groups is 1. The smallest absolute Gasteiger partial charge is 0.277 e. The maximum Gasteiger partial charge on any atom is 0.277 e. The SMILES string of the molecule is CC(Cc1nnc(SCC(=O)NCC2(c3ccccc3)CCCC2)o1)c1ccccc1. The van der Waals surface area contributed by atoms with E-state index in [-0.39, 0.29) is 17.1 Å². The molecular formula is C25H29N3O2S. The van der Waals surface area contributed by atoms with E-state index in [1.807, 2.05) is 24.3 Å². The summed E-state index contributed by atoms with van der Waals surface area (Å²) < 4.78 is 5.75. The molecule has 1 amide bonds. The number of nitrogens with one attached hydrogen (secondary N) is 1. The fourth-order valence-electron chi connectivity index (χ4n) is 4.40. The number of carbonyl (C=O) groups excluding carboxylic acids is 1. The molecule has 162 valence electrons. The van der Waals surface area contributed by atoms with E-state index in [9.17, 15) is 4.79 Å². The van der Waals surface area contributed by atoms with Crippen LogP contribution >= 0.6 is 11.8 Å². The standard InChI is InChI=1S/C25H29N3O2S/c1-19(20-10-4-2-5-11-20)16-23-27-28-24(30-23)31-17-22(29)26-18-25(14-8-9-15-25)21-12-6-3-7-13-21/h2-7,10-13,19H,8-9,14-18H2,1H3,(H,26,29). The molecule has 0 radical (unpaired) electrons. The van der Waals surface area contributed by atoms with Gasteiger partial charge < -0.3 is 9.73 Å². The molecule has 1 fully saturated rings. The molecule has 5 nitrogen and oxygen atoms in total. The maximum absolute atomic E-state index is 12.5. The van der Waals surface area contributed by atoms with Crippen LogP contribution in [0.4, 0.5) is 0 Å². The van der Waals surface area contributed by atoms with E-state index < -0.39 is 0 Å². The Kier molecular flexibility index (Phi) is 7.07. The van der Waals surface area contributed by atoms with Crippen LogP contribution in [0.15, 0.2) is 70.3 Å². The fraction of sp³-hybridized carbons (Fsp3) is 0.400. The summed E-state index contributed by atoms with van der Waals surface area (Å²) in [5.74, 6) is 1.18. The van der Waals surface area contributed by atoms with Gasteiger partial charge in [-0.2, -0.15) is 0 Å². The van der Waals surface area contributed by atoms with Gasteiger partial charge in [0, 0.05) is 18.4 Å². The van der Waals surface area contributed by atoms with Gasteiger partial charge in [-0.1, -0.05) is 92.2 Å². The van der Waals surface area contributed by atoms with Gasteiger partial charge in [0.2, 0.25) is 11.8 Å². The minimum atomic E-state index is 0.00427. The van der Waals surface area contributed by atoms with Crippen molar-refractivity contribution in [1.29, 1.82) is 0 Å². The Morgan fingerprint density at radius 3 is 2.45 bits per heavy atom. The number of aromatic nitrogens is 2. The molecule has 3 aromatic rings. The van der Waals surface area contributed by atoms with Crippen LogP contribution in [-0.4, -0.2) is 28.4 Å². The first-order valence-electron chi connectivity index (χ1n) is 11.0. The van der Waals surface area contributed by atoms with E-state index in [1.54, 1.807) is 0 Å². The third-order valence-electron chi connectivity index (χ3n) is 6.20. The first kappa shape index (κ1) is 21.6. The summed E-state index contributed by atoms with van der Waals surface area (Å²) in [5.41, 5.74) is 2.63. The lowest BCUT2D eigenvalue weighted by Gasteiger charge is -2.30.